The zero-order valence-corrected chi connectivity index (χ0v) is 14.1. The van der Waals surface area contributed by atoms with Crippen molar-refractivity contribution in [3.63, 3.8) is 0 Å². The minimum absolute atomic E-state index is 0.305. The summed E-state index contributed by atoms with van der Waals surface area (Å²) in [6.45, 7) is 6.88. The Morgan fingerprint density at radius 3 is 2.58 bits per heavy atom. The SMILES string of the molecule is Cc1cc(C(=O)Nc2ccc(C#N)cc2)nc(NCCC(C)C)n1. The molecular weight excluding hydrogens is 302 g/mol. The Kier molecular flexibility index (Phi) is 5.85. The van der Waals surface area contributed by atoms with Gasteiger partial charge < -0.3 is 10.6 Å². The molecule has 1 amide bonds. The van der Waals surface area contributed by atoms with Gasteiger partial charge in [-0.15, -0.1) is 0 Å². The van der Waals surface area contributed by atoms with Crippen LogP contribution in [0, 0.1) is 24.2 Å². The highest BCUT2D eigenvalue weighted by molar-refractivity contribution is 6.03. The van der Waals surface area contributed by atoms with E-state index in [2.05, 4.69) is 34.4 Å². The van der Waals surface area contributed by atoms with Gasteiger partial charge in [0.25, 0.3) is 5.91 Å². The molecule has 0 radical (unpaired) electrons. The highest BCUT2D eigenvalue weighted by Crippen LogP contribution is 2.12. The van der Waals surface area contributed by atoms with E-state index in [0.717, 1.165) is 18.7 Å². The highest BCUT2D eigenvalue weighted by Gasteiger charge is 2.11. The lowest BCUT2D eigenvalue weighted by atomic mass is 10.1. The van der Waals surface area contributed by atoms with Gasteiger partial charge in [-0.25, -0.2) is 9.97 Å². The molecule has 2 rings (SSSR count). The summed E-state index contributed by atoms with van der Waals surface area (Å²) < 4.78 is 0. The summed E-state index contributed by atoms with van der Waals surface area (Å²) in [5, 5.41) is 14.7. The maximum atomic E-state index is 12.4. The van der Waals surface area contributed by atoms with Crippen molar-refractivity contribution in [2.75, 3.05) is 17.2 Å². The molecule has 0 aliphatic heterocycles. The van der Waals surface area contributed by atoms with Crippen LogP contribution in [0.4, 0.5) is 11.6 Å². The molecule has 1 aromatic heterocycles. The van der Waals surface area contributed by atoms with E-state index in [0.29, 0.717) is 28.8 Å². The van der Waals surface area contributed by atoms with E-state index in [1.165, 1.54) is 0 Å². The maximum absolute atomic E-state index is 12.4. The van der Waals surface area contributed by atoms with Crippen molar-refractivity contribution in [2.24, 2.45) is 5.92 Å². The average molecular weight is 323 g/mol. The van der Waals surface area contributed by atoms with Crippen molar-refractivity contribution >= 4 is 17.5 Å². The van der Waals surface area contributed by atoms with Crippen LogP contribution >= 0.6 is 0 Å². The van der Waals surface area contributed by atoms with E-state index in [4.69, 9.17) is 5.26 Å². The number of aryl methyl sites for hydroxylation is 1. The minimum atomic E-state index is -0.308. The fraction of sp³-hybridized carbons (Fsp3) is 0.333. The smallest absolute Gasteiger partial charge is 0.274 e. The zero-order valence-electron chi connectivity index (χ0n) is 14.1. The molecule has 0 saturated carbocycles. The van der Waals surface area contributed by atoms with Gasteiger partial charge in [0.15, 0.2) is 0 Å². The molecule has 0 aliphatic carbocycles. The Balaban J connectivity index is 2.07. The van der Waals surface area contributed by atoms with E-state index < -0.39 is 0 Å². The molecular formula is C18H21N5O. The van der Waals surface area contributed by atoms with E-state index >= 15 is 0 Å². The molecule has 0 spiro atoms. The number of rotatable bonds is 6. The molecule has 6 heteroatoms. The molecule has 0 aliphatic rings. The predicted octanol–water partition coefficient (Wildman–Crippen LogP) is 3.37. The summed E-state index contributed by atoms with van der Waals surface area (Å²) in [7, 11) is 0. The first-order chi connectivity index (χ1) is 11.5. The second kappa shape index (κ2) is 8.06. The fourth-order valence-corrected chi connectivity index (χ4v) is 2.06. The Hall–Kier alpha value is -2.94. The molecule has 2 N–H and O–H groups in total. The number of nitriles is 1. The summed E-state index contributed by atoms with van der Waals surface area (Å²) in [5.74, 6) is 0.735. The van der Waals surface area contributed by atoms with Crippen molar-refractivity contribution in [1.82, 2.24) is 9.97 Å². The van der Waals surface area contributed by atoms with Crippen LogP contribution in [0.5, 0.6) is 0 Å². The lowest BCUT2D eigenvalue weighted by Gasteiger charge is -2.10. The van der Waals surface area contributed by atoms with E-state index in [-0.39, 0.29) is 5.91 Å². The zero-order chi connectivity index (χ0) is 17.5. The van der Waals surface area contributed by atoms with Crippen molar-refractivity contribution in [1.29, 1.82) is 5.26 Å². The number of nitrogens with zero attached hydrogens (tertiary/aromatic N) is 3. The van der Waals surface area contributed by atoms with Crippen LogP contribution in [0.2, 0.25) is 0 Å². The van der Waals surface area contributed by atoms with Crippen LogP contribution in [0.25, 0.3) is 0 Å². The third kappa shape index (κ3) is 5.06. The molecule has 1 aromatic carbocycles. The molecule has 0 bridgehead atoms. The van der Waals surface area contributed by atoms with Gasteiger partial charge in [0, 0.05) is 17.9 Å². The number of amides is 1. The number of benzene rings is 1. The van der Waals surface area contributed by atoms with Crippen LogP contribution < -0.4 is 10.6 Å². The van der Waals surface area contributed by atoms with Gasteiger partial charge in [-0.05, 0) is 49.6 Å². The van der Waals surface area contributed by atoms with Gasteiger partial charge in [0.2, 0.25) is 5.95 Å². The first-order valence-corrected chi connectivity index (χ1v) is 7.89. The minimum Gasteiger partial charge on any atom is -0.354 e. The van der Waals surface area contributed by atoms with Gasteiger partial charge in [0.05, 0.1) is 11.6 Å². The largest absolute Gasteiger partial charge is 0.354 e. The van der Waals surface area contributed by atoms with Crippen LogP contribution in [0.1, 0.15) is 42.0 Å². The number of carbonyl (C=O) groups is 1. The summed E-state index contributed by atoms with van der Waals surface area (Å²) >= 11 is 0. The molecule has 0 unspecified atom stereocenters. The molecule has 24 heavy (non-hydrogen) atoms. The Morgan fingerprint density at radius 2 is 1.96 bits per heavy atom. The molecule has 0 saturated heterocycles. The lowest BCUT2D eigenvalue weighted by Crippen LogP contribution is -2.16. The Labute approximate surface area is 142 Å². The van der Waals surface area contributed by atoms with Gasteiger partial charge in [-0.2, -0.15) is 5.26 Å². The standard InChI is InChI=1S/C18H21N5O/c1-12(2)8-9-20-18-21-13(3)10-16(23-18)17(24)22-15-6-4-14(11-19)5-7-15/h4-7,10,12H,8-9H2,1-3H3,(H,22,24)(H,20,21,23). The van der Waals surface area contributed by atoms with Crippen molar-refractivity contribution < 1.29 is 4.79 Å². The number of nitrogens with one attached hydrogen (secondary N) is 2. The number of hydrogen-bond donors (Lipinski definition) is 2. The molecule has 6 nitrogen and oxygen atoms in total. The lowest BCUT2D eigenvalue weighted by molar-refractivity contribution is 0.102. The maximum Gasteiger partial charge on any atom is 0.274 e. The molecule has 2 aromatic rings. The second-order valence-corrected chi connectivity index (χ2v) is 5.97. The second-order valence-electron chi connectivity index (χ2n) is 5.97. The first kappa shape index (κ1) is 17.4. The molecule has 0 atom stereocenters. The molecule has 124 valence electrons. The van der Waals surface area contributed by atoms with Gasteiger partial charge in [0.1, 0.15) is 5.69 Å². The summed E-state index contributed by atoms with van der Waals surface area (Å²) in [4.78, 5) is 20.9. The van der Waals surface area contributed by atoms with E-state index in [9.17, 15) is 4.79 Å². The summed E-state index contributed by atoms with van der Waals surface area (Å²) in [6, 6.07) is 10.4. The Morgan fingerprint density at radius 1 is 1.25 bits per heavy atom. The quantitative estimate of drug-likeness (QED) is 0.850. The monoisotopic (exact) mass is 323 g/mol. The third-order valence-electron chi connectivity index (χ3n) is 3.36. The van der Waals surface area contributed by atoms with Crippen molar-refractivity contribution in [2.45, 2.75) is 27.2 Å². The van der Waals surface area contributed by atoms with E-state index in [1.54, 1.807) is 30.3 Å². The molecule has 0 fully saturated rings. The fourth-order valence-electron chi connectivity index (χ4n) is 2.06. The first-order valence-electron chi connectivity index (χ1n) is 7.89. The van der Waals surface area contributed by atoms with Crippen LogP contribution in [0.3, 0.4) is 0 Å². The van der Waals surface area contributed by atoms with Crippen molar-refractivity contribution in [3.8, 4) is 6.07 Å². The van der Waals surface area contributed by atoms with Crippen LogP contribution in [-0.2, 0) is 0 Å². The van der Waals surface area contributed by atoms with Gasteiger partial charge in [-0.1, -0.05) is 13.8 Å². The van der Waals surface area contributed by atoms with Gasteiger partial charge in [-0.3, -0.25) is 4.79 Å². The predicted molar refractivity (Wildman–Crippen MR) is 93.8 cm³/mol. The van der Waals surface area contributed by atoms with Crippen LogP contribution in [0.15, 0.2) is 30.3 Å². The summed E-state index contributed by atoms with van der Waals surface area (Å²) in [6.07, 6.45) is 1.00. The third-order valence-corrected chi connectivity index (χ3v) is 3.36. The number of aromatic nitrogens is 2. The topological polar surface area (TPSA) is 90.7 Å². The number of anilines is 2. The van der Waals surface area contributed by atoms with Crippen LogP contribution in [-0.4, -0.2) is 22.4 Å². The highest BCUT2D eigenvalue weighted by atomic mass is 16.1. The normalized spacial score (nSPS) is 10.3. The van der Waals surface area contributed by atoms with Crippen molar-refractivity contribution in [3.05, 3.63) is 47.3 Å². The number of carbonyl (C=O) groups excluding carboxylic acids is 1. The van der Waals surface area contributed by atoms with E-state index in [1.807, 2.05) is 13.0 Å². The average Bonchev–Trinajstić information content (AvgIpc) is 2.54. The summed E-state index contributed by atoms with van der Waals surface area (Å²) in [5.41, 5.74) is 2.19. The Bertz CT molecular complexity index is 747. The number of hydrogen-bond acceptors (Lipinski definition) is 5. The van der Waals surface area contributed by atoms with Gasteiger partial charge >= 0.3 is 0 Å². The molecule has 1 heterocycles.